The number of carbonyl (C=O) groups is 1. The lowest BCUT2D eigenvalue weighted by atomic mass is 10.2. The maximum atomic E-state index is 13.3. The van der Waals surface area contributed by atoms with Crippen LogP contribution in [-0.2, 0) is 0 Å². The summed E-state index contributed by atoms with van der Waals surface area (Å²) in [5, 5.41) is 0.760. The first kappa shape index (κ1) is 21.7. The molecule has 0 atom stereocenters. The number of hydrogen-bond donors (Lipinski definition) is 0. The van der Waals surface area contributed by atoms with Crippen LogP contribution in [0.15, 0.2) is 47.4 Å². The van der Waals surface area contributed by atoms with Gasteiger partial charge in [0.1, 0.15) is 0 Å². The predicted octanol–water partition coefficient (Wildman–Crippen LogP) is 4.96. The van der Waals surface area contributed by atoms with E-state index in [0.29, 0.717) is 12.1 Å². The Hall–Kier alpha value is -1.60. The van der Waals surface area contributed by atoms with Crippen molar-refractivity contribution in [2.75, 3.05) is 38.3 Å². The van der Waals surface area contributed by atoms with E-state index in [2.05, 4.69) is 24.0 Å². The number of likely N-dealkylation sites (N-methyl/N-ethyl adjacent to an activating group) is 1. The molecule has 1 amide bonds. The lowest BCUT2D eigenvalue weighted by Crippen LogP contribution is -2.36. The molecule has 3 aromatic rings. The molecule has 7 heteroatoms. The number of hydrogen-bond acceptors (Lipinski definition) is 5. The topological polar surface area (TPSA) is 36.4 Å². The summed E-state index contributed by atoms with van der Waals surface area (Å²) in [6.45, 7) is 3.44. The molecular formula is C20H24ClN3OS2. The molecule has 0 aliphatic rings. The fourth-order valence-electron chi connectivity index (χ4n) is 2.69. The summed E-state index contributed by atoms with van der Waals surface area (Å²) in [6, 6.07) is 13.9. The highest BCUT2D eigenvalue weighted by molar-refractivity contribution is 7.98. The van der Waals surface area contributed by atoms with E-state index >= 15 is 0 Å². The van der Waals surface area contributed by atoms with Crippen LogP contribution in [-0.4, -0.2) is 49.2 Å². The van der Waals surface area contributed by atoms with E-state index in [4.69, 9.17) is 4.98 Å². The summed E-state index contributed by atoms with van der Waals surface area (Å²) < 4.78 is 1.11. The minimum absolute atomic E-state index is 0. The largest absolute Gasteiger partial charge is 0.308 e. The number of anilines is 1. The predicted molar refractivity (Wildman–Crippen MR) is 120 cm³/mol. The number of thioether (sulfide) groups is 1. The summed E-state index contributed by atoms with van der Waals surface area (Å²) in [6.07, 6.45) is 2.02. The average Bonchev–Trinajstić information content (AvgIpc) is 3.07. The molecule has 3 rings (SSSR count). The number of aryl methyl sites for hydroxylation is 1. The Morgan fingerprint density at radius 2 is 1.89 bits per heavy atom. The van der Waals surface area contributed by atoms with Crippen LogP contribution in [0.5, 0.6) is 0 Å². The molecule has 144 valence electrons. The molecule has 0 fully saturated rings. The Morgan fingerprint density at radius 3 is 2.56 bits per heavy atom. The maximum absolute atomic E-state index is 13.3. The van der Waals surface area contributed by atoms with Gasteiger partial charge in [0.25, 0.3) is 5.91 Å². The average molecular weight is 422 g/mol. The quantitative estimate of drug-likeness (QED) is 0.527. The van der Waals surface area contributed by atoms with Gasteiger partial charge in [-0.25, -0.2) is 4.98 Å². The van der Waals surface area contributed by atoms with Gasteiger partial charge in [0.15, 0.2) is 5.13 Å². The van der Waals surface area contributed by atoms with Crippen LogP contribution in [0.1, 0.15) is 15.9 Å². The van der Waals surface area contributed by atoms with Crippen molar-refractivity contribution in [2.24, 2.45) is 0 Å². The van der Waals surface area contributed by atoms with Gasteiger partial charge in [-0.05, 0) is 57.1 Å². The number of rotatable bonds is 6. The number of para-hydroxylation sites is 1. The van der Waals surface area contributed by atoms with E-state index in [-0.39, 0.29) is 18.3 Å². The van der Waals surface area contributed by atoms with Gasteiger partial charge < -0.3 is 4.90 Å². The van der Waals surface area contributed by atoms with Gasteiger partial charge in [0.05, 0.1) is 10.2 Å². The maximum Gasteiger partial charge on any atom is 0.260 e. The molecule has 0 radical (unpaired) electrons. The monoisotopic (exact) mass is 421 g/mol. The first-order valence-electron chi connectivity index (χ1n) is 8.46. The number of benzene rings is 2. The molecule has 1 heterocycles. The molecular weight excluding hydrogens is 398 g/mol. The normalized spacial score (nSPS) is 10.9. The minimum atomic E-state index is -0.000501. The first-order valence-corrected chi connectivity index (χ1v) is 10.5. The van der Waals surface area contributed by atoms with E-state index in [1.165, 1.54) is 0 Å². The number of thiazole rings is 1. The lowest BCUT2D eigenvalue weighted by molar-refractivity contribution is 0.0985. The van der Waals surface area contributed by atoms with Gasteiger partial charge >= 0.3 is 0 Å². The Kier molecular flexibility index (Phi) is 7.68. The minimum Gasteiger partial charge on any atom is -0.308 e. The van der Waals surface area contributed by atoms with Crippen molar-refractivity contribution in [3.05, 3.63) is 53.6 Å². The SMILES string of the molecule is CSc1cccc(C(=O)N(CCN(C)C)c2nc3c(C)cccc3s2)c1.Cl. The fraction of sp³-hybridized carbons (Fsp3) is 0.300. The number of amides is 1. The Bertz CT molecular complexity index is 926. The third-order valence-corrected chi connectivity index (χ3v) is 5.94. The molecule has 0 aliphatic heterocycles. The van der Waals surface area contributed by atoms with Crippen LogP contribution in [0.25, 0.3) is 10.2 Å². The van der Waals surface area contributed by atoms with Crippen molar-refractivity contribution in [3.8, 4) is 0 Å². The van der Waals surface area contributed by atoms with Crippen LogP contribution in [0.4, 0.5) is 5.13 Å². The van der Waals surface area contributed by atoms with Crippen molar-refractivity contribution in [1.29, 1.82) is 0 Å². The molecule has 0 aliphatic carbocycles. The number of carbonyl (C=O) groups excluding carboxylic acids is 1. The van der Waals surface area contributed by atoms with Crippen molar-refractivity contribution < 1.29 is 4.79 Å². The smallest absolute Gasteiger partial charge is 0.260 e. The lowest BCUT2D eigenvalue weighted by Gasteiger charge is -2.22. The summed E-state index contributed by atoms with van der Waals surface area (Å²) in [4.78, 5) is 23.0. The second-order valence-electron chi connectivity index (χ2n) is 6.41. The van der Waals surface area contributed by atoms with Crippen LogP contribution >= 0.6 is 35.5 Å². The third-order valence-electron chi connectivity index (χ3n) is 4.17. The Balaban J connectivity index is 0.00000261. The van der Waals surface area contributed by atoms with Crippen molar-refractivity contribution in [3.63, 3.8) is 0 Å². The molecule has 0 spiro atoms. The molecule has 0 N–H and O–H groups in total. The van der Waals surface area contributed by atoms with Crippen molar-refractivity contribution >= 4 is 56.8 Å². The second kappa shape index (κ2) is 9.55. The van der Waals surface area contributed by atoms with Crippen LogP contribution in [0.2, 0.25) is 0 Å². The molecule has 0 saturated carbocycles. The standard InChI is InChI=1S/C20H23N3OS2.ClH/c1-14-7-5-10-17-18(14)21-20(26-17)23(12-11-22(2)3)19(24)15-8-6-9-16(13-15)25-4;/h5-10,13H,11-12H2,1-4H3;1H. The molecule has 0 bridgehead atoms. The summed E-state index contributed by atoms with van der Waals surface area (Å²) >= 11 is 3.21. The van der Waals surface area contributed by atoms with Gasteiger partial charge in [-0.3, -0.25) is 9.69 Å². The molecule has 0 saturated heterocycles. The van der Waals surface area contributed by atoms with Crippen molar-refractivity contribution in [2.45, 2.75) is 11.8 Å². The van der Waals surface area contributed by atoms with Crippen LogP contribution < -0.4 is 4.90 Å². The summed E-state index contributed by atoms with van der Waals surface area (Å²) in [7, 11) is 4.03. The third kappa shape index (κ3) is 5.02. The van der Waals surface area contributed by atoms with Gasteiger partial charge in [-0.1, -0.05) is 29.5 Å². The summed E-state index contributed by atoms with van der Waals surface area (Å²) in [5.41, 5.74) is 2.81. The number of fused-ring (bicyclic) bond motifs is 1. The number of aromatic nitrogens is 1. The second-order valence-corrected chi connectivity index (χ2v) is 8.30. The zero-order chi connectivity index (χ0) is 18.7. The summed E-state index contributed by atoms with van der Waals surface area (Å²) in [5.74, 6) is -0.000501. The first-order chi connectivity index (χ1) is 12.5. The zero-order valence-corrected chi connectivity index (χ0v) is 18.4. The molecule has 0 unspecified atom stereocenters. The Labute approximate surface area is 175 Å². The van der Waals surface area contributed by atoms with Gasteiger partial charge in [-0.2, -0.15) is 0 Å². The van der Waals surface area contributed by atoms with E-state index < -0.39 is 0 Å². The number of nitrogens with zero attached hydrogens (tertiary/aromatic N) is 3. The Morgan fingerprint density at radius 1 is 1.15 bits per heavy atom. The van der Waals surface area contributed by atoms with E-state index in [1.807, 2.05) is 55.6 Å². The van der Waals surface area contributed by atoms with Gasteiger partial charge in [0, 0.05) is 23.5 Å². The highest BCUT2D eigenvalue weighted by Gasteiger charge is 2.22. The molecule has 4 nitrogen and oxygen atoms in total. The van der Waals surface area contributed by atoms with Gasteiger partial charge in [0.2, 0.25) is 0 Å². The molecule has 2 aromatic carbocycles. The molecule has 27 heavy (non-hydrogen) atoms. The van der Waals surface area contributed by atoms with E-state index in [0.717, 1.165) is 32.4 Å². The zero-order valence-electron chi connectivity index (χ0n) is 15.9. The van der Waals surface area contributed by atoms with Gasteiger partial charge in [-0.15, -0.1) is 24.2 Å². The highest BCUT2D eigenvalue weighted by Crippen LogP contribution is 2.31. The van der Waals surface area contributed by atoms with Crippen LogP contribution in [0, 0.1) is 6.92 Å². The van der Waals surface area contributed by atoms with E-state index in [1.54, 1.807) is 23.1 Å². The fourth-order valence-corrected chi connectivity index (χ4v) is 4.21. The highest BCUT2D eigenvalue weighted by atomic mass is 35.5. The number of halogens is 1. The molecule has 1 aromatic heterocycles. The van der Waals surface area contributed by atoms with E-state index in [9.17, 15) is 4.79 Å². The van der Waals surface area contributed by atoms with Crippen LogP contribution in [0.3, 0.4) is 0 Å². The van der Waals surface area contributed by atoms with Crippen molar-refractivity contribution in [1.82, 2.24) is 9.88 Å².